The Morgan fingerprint density at radius 3 is 2.84 bits per heavy atom. The Bertz CT molecular complexity index is 830. The zero-order chi connectivity index (χ0) is 21.3. The standard InChI is InChI=1S/C24H37N7/c1-25-24(26-15-8-14-23-29-28-22-13-6-3-7-17-31(22)23)27-18-21-12-9-16-30(21)19-20-10-4-2-5-11-20/h2,4-5,10-11,21H,3,6-9,12-19H2,1H3,(H2,25,26,27). The first-order valence-corrected chi connectivity index (χ1v) is 12.0. The second-order valence-corrected chi connectivity index (χ2v) is 8.73. The molecular weight excluding hydrogens is 386 g/mol. The highest BCUT2D eigenvalue weighted by Gasteiger charge is 2.24. The molecule has 0 aliphatic carbocycles. The van der Waals surface area contributed by atoms with E-state index in [2.05, 4.69) is 65.6 Å². The lowest BCUT2D eigenvalue weighted by Crippen LogP contribution is -2.45. The van der Waals surface area contributed by atoms with Gasteiger partial charge in [0.2, 0.25) is 0 Å². The van der Waals surface area contributed by atoms with Crippen LogP contribution < -0.4 is 10.6 Å². The third-order valence-electron chi connectivity index (χ3n) is 6.51. The maximum atomic E-state index is 4.44. The van der Waals surface area contributed by atoms with E-state index >= 15 is 0 Å². The highest BCUT2D eigenvalue weighted by molar-refractivity contribution is 5.79. The quantitative estimate of drug-likeness (QED) is 0.388. The first-order valence-electron chi connectivity index (χ1n) is 12.0. The largest absolute Gasteiger partial charge is 0.356 e. The van der Waals surface area contributed by atoms with Crippen LogP contribution >= 0.6 is 0 Å². The molecule has 2 N–H and O–H groups in total. The summed E-state index contributed by atoms with van der Waals surface area (Å²) in [6.07, 6.45) is 9.37. The maximum absolute atomic E-state index is 4.44. The third kappa shape index (κ3) is 6.06. The van der Waals surface area contributed by atoms with Crippen LogP contribution in [0, 0.1) is 0 Å². The number of aromatic nitrogens is 3. The van der Waals surface area contributed by atoms with Crippen LogP contribution in [0.4, 0.5) is 0 Å². The SMILES string of the molecule is CN=C(NCCCc1nnc2n1CCCCC2)NCC1CCCN1Cc1ccccc1. The van der Waals surface area contributed by atoms with E-state index in [0.717, 1.165) is 57.2 Å². The van der Waals surface area contributed by atoms with Crippen LogP contribution in [0.25, 0.3) is 0 Å². The topological polar surface area (TPSA) is 70.4 Å². The second-order valence-electron chi connectivity index (χ2n) is 8.73. The van der Waals surface area contributed by atoms with E-state index in [9.17, 15) is 0 Å². The molecule has 168 valence electrons. The van der Waals surface area contributed by atoms with E-state index in [1.54, 1.807) is 0 Å². The van der Waals surface area contributed by atoms with Gasteiger partial charge in [0.1, 0.15) is 11.6 Å². The van der Waals surface area contributed by atoms with Crippen LogP contribution in [-0.2, 0) is 25.9 Å². The molecule has 2 aliphatic rings. The number of nitrogens with one attached hydrogen (secondary N) is 2. The Labute approximate surface area is 186 Å². The van der Waals surface area contributed by atoms with Crippen molar-refractivity contribution in [1.82, 2.24) is 30.3 Å². The van der Waals surface area contributed by atoms with Crippen LogP contribution in [0.15, 0.2) is 35.3 Å². The molecule has 7 heteroatoms. The molecule has 3 heterocycles. The van der Waals surface area contributed by atoms with Crippen molar-refractivity contribution < 1.29 is 0 Å². The van der Waals surface area contributed by atoms with Crippen molar-refractivity contribution in [2.75, 3.05) is 26.7 Å². The number of aliphatic imine (C=N–C) groups is 1. The molecule has 1 aromatic heterocycles. The summed E-state index contributed by atoms with van der Waals surface area (Å²) in [4.78, 5) is 7.01. The molecule has 4 rings (SSSR count). The summed E-state index contributed by atoms with van der Waals surface area (Å²) >= 11 is 0. The van der Waals surface area contributed by atoms with Gasteiger partial charge in [0.05, 0.1) is 0 Å². The van der Waals surface area contributed by atoms with Crippen molar-refractivity contribution in [3.8, 4) is 0 Å². The van der Waals surface area contributed by atoms with Gasteiger partial charge in [-0.25, -0.2) is 0 Å². The minimum atomic E-state index is 0.560. The number of benzene rings is 1. The van der Waals surface area contributed by atoms with E-state index in [1.807, 2.05) is 7.05 Å². The number of aryl methyl sites for hydroxylation is 2. The predicted molar refractivity (Wildman–Crippen MR) is 125 cm³/mol. The first kappa shape index (κ1) is 21.8. The molecule has 7 nitrogen and oxygen atoms in total. The minimum Gasteiger partial charge on any atom is -0.356 e. The lowest BCUT2D eigenvalue weighted by molar-refractivity contribution is 0.245. The molecule has 0 bridgehead atoms. The molecule has 2 aromatic rings. The molecule has 1 aromatic carbocycles. The number of rotatable bonds is 8. The van der Waals surface area contributed by atoms with Crippen LogP contribution in [0.2, 0.25) is 0 Å². The highest BCUT2D eigenvalue weighted by atomic mass is 15.3. The molecular formula is C24H37N7. The van der Waals surface area contributed by atoms with Crippen molar-refractivity contribution in [3.63, 3.8) is 0 Å². The fraction of sp³-hybridized carbons (Fsp3) is 0.625. The molecule has 0 spiro atoms. The lowest BCUT2D eigenvalue weighted by atomic mass is 10.2. The average molecular weight is 424 g/mol. The Hall–Kier alpha value is -2.41. The fourth-order valence-electron chi connectivity index (χ4n) is 4.77. The van der Waals surface area contributed by atoms with Crippen LogP contribution in [0.3, 0.4) is 0 Å². The maximum Gasteiger partial charge on any atom is 0.191 e. The summed E-state index contributed by atoms with van der Waals surface area (Å²) in [5.74, 6) is 3.21. The number of hydrogen-bond acceptors (Lipinski definition) is 4. The molecule has 1 atom stereocenters. The molecule has 31 heavy (non-hydrogen) atoms. The summed E-state index contributed by atoms with van der Waals surface area (Å²) < 4.78 is 2.35. The zero-order valence-electron chi connectivity index (χ0n) is 18.9. The van der Waals surface area contributed by atoms with Gasteiger partial charge in [-0.2, -0.15) is 0 Å². The van der Waals surface area contributed by atoms with Crippen LogP contribution in [-0.4, -0.2) is 58.3 Å². The summed E-state index contributed by atoms with van der Waals surface area (Å²) in [7, 11) is 1.85. The van der Waals surface area contributed by atoms with E-state index in [-0.39, 0.29) is 0 Å². The summed E-state index contributed by atoms with van der Waals surface area (Å²) in [5, 5.41) is 15.9. The number of guanidine groups is 1. The van der Waals surface area contributed by atoms with E-state index < -0.39 is 0 Å². The van der Waals surface area contributed by atoms with Gasteiger partial charge >= 0.3 is 0 Å². The molecule has 1 saturated heterocycles. The Morgan fingerprint density at radius 2 is 1.97 bits per heavy atom. The van der Waals surface area contributed by atoms with E-state index in [1.165, 1.54) is 50.0 Å². The minimum absolute atomic E-state index is 0.560. The van der Waals surface area contributed by atoms with Gasteiger partial charge < -0.3 is 15.2 Å². The van der Waals surface area contributed by atoms with E-state index in [4.69, 9.17) is 0 Å². The van der Waals surface area contributed by atoms with Crippen LogP contribution in [0.5, 0.6) is 0 Å². The molecule has 0 radical (unpaired) electrons. The van der Waals surface area contributed by atoms with Gasteiger partial charge in [-0.05, 0) is 44.2 Å². The molecule has 1 fully saturated rings. The molecule has 0 amide bonds. The van der Waals surface area contributed by atoms with Crippen molar-refractivity contribution in [2.24, 2.45) is 4.99 Å². The number of fused-ring (bicyclic) bond motifs is 1. The zero-order valence-corrected chi connectivity index (χ0v) is 18.9. The second kappa shape index (κ2) is 11.3. The fourth-order valence-corrected chi connectivity index (χ4v) is 4.77. The first-order chi connectivity index (χ1) is 15.3. The number of likely N-dealkylation sites (tertiary alicyclic amines) is 1. The Balaban J connectivity index is 1.18. The molecule has 0 saturated carbocycles. The number of nitrogens with zero attached hydrogens (tertiary/aromatic N) is 5. The smallest absolute Gasteiger partial charge is 0.191 e. The van der Waals surface area contributed by atoms with Gasteiger partial charge in [-0.3, -0.25) is 9.89 Å². The molecule has 1 unspecified atom stereocenters. The average Bonchev–Trinajstić information content (AvgIpc) is 3.33. The van der Waals surface area contributed by atoms with Crippen molar-refractivity contribution in [1.29, 1.82) is 0 Å². The van der Waals surface area contributed by atoms with E-state index in [0.29, 0.717) is 6.04 Å². The third-order valence-corrected chi connectivity index (χ3v) is 6.51. The Morgan fingerprint density at radius 1 is 1.06 bits per heavy atom. The summed E-state index contributed by atoms with van der Waals surface area (Å²) in [6, 6.07) is 11.3. The predicted octanol–water partition coefficient (Wildman–Crippen LogP) is 2.77. The lowest BCUT2D eigenvalue weighted by Gasteiger charge is -2.25. The van der Waals surface area contributed by atoms with Gasteiger partial charge in [-0.1, -0.05) is 36.8 Å². The van der Waals surface area contributed by atoms with Crippen molar-refractivity contribution in [2.45, 2.75) is 70.5 Å². The Kier molecular flexibility index (Phi) is 7.93. The van der Waals surface area contributed by atoms with Crippen LogP contribution in [0.1, 0.15) is 55.7 Å². The number of hydrogen-bond donors (Lipinski definition) is 2. The van der Waals surface area contributed by atoms with Gasteiger partial charge in [-0.15, -0.1) is 10.2 Å². The highest BCUT2D eigenvalue weighted by Crippen LogP contribution is 2.19. The molecule has 2 aliphatic heterocycles. The van der Waals surface area contributed by atoms with Gasteiger partial charge in [0.15, 0.2) is 5.96 Å². The van der Waals surface area contributed by atoms with Crippen molar-refractivity contribution in [3.05, 3.63) is 47.5 Å². The summed E-state index contributed by atoms with van der Waals surface area (Å²) in [6.45, 7) is 5.11. The normalized spacial score (nSPS) is 19.8. The monoisotopic (exact) mass is 423 g/mol. The summed E-state index contributed by atoms with van der Waals surface area (Å²) in [5.41, 5.74) is 1.39. The van der Waals surface area contributed by atoms with Gasteiger partial charge in [0.25, 0.3) is 0 Å². The van der Waals surface area contributed by atoms with Gasteiger partial charge in [0, 0.05) is 52.1 Å². The van der Waals surface area contributed by atoms with Crippen molar-refractivity contribution >= 4 is 5.96 Å².